The van der Waals surface area contributed by atoms with Crippen LogP contribution in [-0.2, 0) is 19.6 Å². The zero-order valence-corrected chi connectivity index (χ0v) is 20.2. The van der Waals surface area contributed by atoms with Crippen molar-refractivity contribution in [2.24, 2.45) is 0 Å². The predicted octanol–water partition coefficient (Wildman–Crippen LogP) is 2.31. The summed E-state index contributed by atoms with van der Waals surface area (Å²) in [5.41, 5.74) is 1.17. The number of ether oxygens (including phenoxy) is 2. The first kappa shape index (κ1) is 24.0. The number of likely N-dealkylation sites (N-methyl/N-ethyl adjacent to an activating group) is 1. The number of benzene rings is 2. The van der Waals surface area contributed by atoms with Gasteiger partial charge in [0.05, 0.1) is 29.0 Å². The molecule has 2 amide bonds. The van der Waals surface area contributed by atoms with E-state index in [0.717, 1.165) is 0 Å². The van der Waals surface area contributed by atoms with Crippen LogP contribution >= 0.6 is 0 Å². The fourth-order valence-corrected chi connectivity index (χ4v) is 5.76. The van der Waals surface area contributed by atoms with Crippen molar-refractivity contribution in [3.05, 3.63) is 53.6 Å². The number of hydrogen-bond acceptors (Lipinski definition) is 6. The van der Waals surface area contributed by atoms with Gasteiger partial charge in [-0.25, -0.2) is 8.42 Å². The molecule has 2 N–H and O–H groups in total. The van der Waals surface area contributed by atoms with E-state index >= 15 is 0 Å². The van der Waals surface area contributed by atoms with Gasteiger partial charge >= 0.3 is 0 Å². The van der Waals surface area contributed by atoms with Crippen LogP contribution in [0.4, 0.5) is 5.69 Å². The molecule has 3 atom stereocenters. The first-order chi connectivity index (χ1) is 16.2. The summed E-state index contributed by atoms with van der Waals surface area (Å²) in [6.07, 6.45) is 0.982. The van der Waals surface area contributed by atoms with Crippen LogP contribution in [0.25, 0.3) is 0 Å². The zero-order valence-electron chi connectivity index (χ0n) is 19.4. The average Bonchev–Trinajstić information content (AvgIpc) is 2.81. The van der Waals surface area contributed by atoms with Crippen molar-refractivity contribution in [3.63, 3.8) is 0 Å². The van der Waals surface area contributed by atoms with Crippen molar-refractivity contribution in [3.8, 4) is 5.75 Å². The molecule has 2 aliphatic heterocycles. The third kappa shape index (κ3) is 4.88. The minimum atomic E-state index is -3.82. The molecule has 4 rings (SSSR count). The molecule has 0 radical (unpaired) electrons. The van der Waals surface area contributed by atoms with Gasteiger partial charge in [-0.1, -0.05) is 18.2 Å². The highest BCUT2D eigenvalue weighted by Gasteiger charge is 2.39. The lowest BCUT2D eigenvalue weighted by molar-refractivity contribution is -0.133. The Kier molecular flexibility index (Phi) is 6.81. The lowest BCUT2D eigenvalue weighted by Gasteiger charge is -2.42. The molecule has 1 fully saturated rings. The van der Waals surface area contributed by atoms with Gasteiger partial charge in [-0.15, -0.1) is 0 Å². The van der Waals surface area contributed by atoms with Gasteiger partial charge in [-0.3, -0.25) is 14.3 Å². The molecule has 0 spiro atoms. The normalized spacial score (nSPS) is 22.5. The number of hydrogen-bond donors (Lipinski definition) is 2. The van der Waals surface area contributed by atoms with Crippen LogP contribution < -0.4 is 14.8 Å². The van der Waals surface area contributed by atoms with E-state index in [1.165, 1.54) is 12.1 Å². The number of fused-ring (bicyclic) bond motifs is 2. The third-order valence-electron chi connectivity index (χ3n) is 6.34. The summed E-state index contributed by atoms with van der Waals surface area (Å²) >= 11 is 0. The maximum absolute atomic E-state index is 13.3. The number of amides is 2. The van der Waals surface area contributed by atoms with E-state index < -0.39 is 10.0 Å². The number of sulfonamides is 1. The molecular weight excluding hydrogens is 458 g/mol. The zero-order chi connectivity index (χ0) is 24.5. The highest BCUT2D eigenvalue weighted by molar-refractivity contribution is 7.92. The Balaban J connectivity index is 1.56. The number of rotatable bonds is 5. The molecular formula is C24H29N3O6S. The topological polar surface area (TPSA) is 114 Å². The van der Waals surface area contributed by atoms with Gasteiger partial charge in [-0.2, -0.15) is 0 Å². The van der Waals surface area contributed by atoms with E-state index in [0.29, 0.717) is 24.2 Å². The van der Waals surface area contributed by atoms with Gasteiger partial charge in [0, 0.05) is 19.8 Å². The molecule has 2 aromatic rings. The van der Waals surface area contributed by atoms with Crippen LogP contribution in [0, 0.1) is 6.92 Å². The van der Waals surface area contributed by atoms with Crippen LogP contribution in [0.3, 0.4) is 0 Å². The maximum Gasteiger partial charge on any atom is 0.262 e. The molecule has 1 saturated heterocycles. The molecule has 2 aromatic carbocycles. The molecule has 0 aliphatic carbocycles. The van der Waals surface area contributed by atoms with Gasteiger partial charge in [-0.05, 0) is 49.6 Å². The number of anilines is 1. The summed E-state index contributed by atoms with van der Waals surface area (Å²) in [6, 6.07) is 11.1. The number of carbonyl (C=O) groups excluding carboxylic acids is 2. The van der Waals surface area contributed by atoms with E-state index in [9.17, 15) is 18.0 Å². The van der Waals surface area contributed by atoms with Gasteiger partial charge in [0.15, 0.2) is 0 Å². The summed E-state index contributed by atoms with van der Waals surface area (Å²) in [5, 5.41) is 2.61. The summed E-state index contributed by atoms with van der Waals surface area (Å²) in [6.45, 7) is 1.94. The maximum atomic E-state index is 13.3. The van der Waals surface area contributed by atoms with Crippen LogP contribution in [0.15, 0.2) is 47.4 Å². The summed E-state index contributed by atoms with van der Waals surface area (Å²) in [4.78, 5) is 26.9. The highest BCUT2D eigenvalue weighted by atomic mass is 32.2. The number of nitrogens with zero attached hydrogens (tertiary/aromatic N) is 1. The minimum Gasteiger partial charge on any atom is -0.490 e. The minimum absolute atomic E-state index is 0.0920. The van der Waals surface area contributed by atoms with E-state index in [4.69, 9.17) is 9.47 Å². The second kappa shape index (κ2) is 9.63. The lowest BCUT2D eigenvalue weighted by Crippen LogP contribution is -2.53. The van der Waals surface area contributed by atoms with Gasteiger partial charge in [0.1, 0.15) is 18.5 Å². The van der Waals surface area contributed by atoms with E-state index in [1.807, 2.05) is 0 Å². The molecule has 2 heterocycles. The Bertz CT molecular complexity index is 1200. The number of aryl methyl sites for hydroxylation is 1. The van der Waals surface area contributed by atoms with Gasteiger partial charge in [0.25, 0.3) is 15.9 Å². The Labute approximate surface area is 199 Å². The Morgan fingerprint density at radius 2 is 1.94 bits per heavy atom. The second-order valence-corrected chi connectivity index (χ2v) is 10.3. The van der Waals surface area contributed by atoms with Crippen LogP contribution in [0.1, 0.15) is 35.2 Å². The molecule has 0 saturated carbocycles. The average molecular weight is 488 g/mol. The fourth-order valence-electron chi connectivity index (χ4n) is 4.47. The highest BCUT2D eigenvalue weighted by Crippen LogP contribution is 2.33. The molecule has 9 nitrogen and oxygen atoms in total. The predicted molar refractivity (Wildman–Crippen MR) is 126 cm³/mol. The molecule has 0 bridgehead atoms. The molecule has 182 valence electrons. The smallest absolute Gasteiger partial charge is 0.262 e. The van der Waals surface area contributed by atoms with E-state index in [1.54, 1.807) is 56.3 Å². The summed E-state index contributed by atoms with van der Waals surface area (Å²) in [5.74, 6) is -0.0215. The van der Waals surface area contributed by atoms with Gasteiger partial charge < -0.3 is 19.7 Å². The summed E-state index contributed by atoms with van der Waals surface area (Å²) in [7, 11) is -0.525. The quantitative estimate of drug-likeness (QED) is 0.669. The van der Waals surface area contributed by atoms with Crippen molar-refractivity contribution in [2.75, 3.05) is 25.4 Å². The summed E-state index contributed by atoms with van der Waals surface area (Å²) < 4.78 is 40.4. The van der Waals surface area contributed by atoms with E-state index in [-0.39, 0.29) is 59.2 Å². The molecule has 10 heteroatoms. The Morgan fingerprint density at radius 3 is 2.68 bits per heavy atom. The monoisotopic (exact) mass is 487 g/mol. The van der Waals surface area contributed by atoms with Crippen molar-refractivity contribution < 1.29 is 27.5 Å². The first-order valence-electron chi connectivity index (χ1n) is 11.2. The van der Waals surface area contributed by atoms with Crippen LogP contribution in [-0.4, -0.2) is 64.1 Å². The number of nitrogens with one attached hydrogen (secondary N) is 2. The SMILES string of the molecule is CNC(=O)C[C@@H]1CC[C@@H]2[C@H](COc3ccc(NS(=O)(=O)c4ccccc4C)cc3C(=O)N2C)O1. The lowest BCUT2D eigenvalue weighted by atomic mass is 9.94. The van der Waals surface area contributed by atoms with E-state index in [2.05, 4.69) is 10.0 Å². The first-order valence-corrected chi connectivity index (χ1v) is 12.7. The van der Waals surface area contributed by atoms with Gasteiger partial charge in [0.2, 0.25) is 5.91 Å². The third-order valence-corrected chi connectivity index (χ3v) is 7.88. The molecule has 34 heavy (non-hydrogen) atoms. The second-order valence-electron chi connectivity index (χ2n) is 8.63. The molecule has 2 aliphatic rings. The Hall–Kier alpha value is -3.11. The van der Waals surface area contributed by atoms with Crippen LogP contribution in [0.5, 0.6) is 5.75 Å². The largest absolute Gasteiger partial charge is 0.490 e. The molecule has 0 aromatic heterocycles. The molecule has 0 unspecified atom stereocenters. The van der Waals surface area contributed by atoms with Crippen molar-refractivity contribution in [1.82, 2.24) is 10.2 Å². The Morgan fingerprint density at radius 1 is 1.18 bits per heavy atom. The van der Waals surface area contributed by atoms with Crippen LogP contribution in [0.2, 0.25) is 0 Å². The van der Waals surface area contributed by atoms with Crippen molar-refractivity contribution in [2.45, 2.75) is 49.3 Å². The number of carbonyl (C=O) groups is 2. The fraction of sp³-hybridized carbons (Fsp3) is 0.417. The van der Waals surface area contributed by atoms with Crippen molar-refractivity contribution in [1.29, 1.82) is 0 Å². The van der Waals surface area contributed by atoms with Crippen molar-refractivity contribution >= 4 is 27.5 Å². The standard InChI is InChI=1S/C24H29N3O6S/c1-15-6-4-5-7-22(15)34(30,31)26-16-8-11-20-18(12-16)24(29)27(3)19-10-9-17(13-23(28)25-2)33-21(19)14-32-20/h4-8,11-12,17,19,21,26H,9-10,13-14H2,1-3H3,(H,25,28)/t17-,19+,21-/m0/s1.